The summed E-state index contributed by atoms with van der Waals surface area (Å²) >= 11 is 0. The molecule has 20 heavy (non-hydrogen) atoms. The average Bonchev–Trinajstić information content (AvgIpc) is 2.97. The van der Waals surface area contributed by atoms with E-state index in [0.29, 0.717) is 0 Å². The Morgan fingerprint density at radius 1 is 1.00 bits per heavy atom. The first kappa shape index (κ1) is 12.5. The molecule has 1 heterocycles. The van der Waals surface area contributed by atoms with Crippen LogP contribution in [0.3, 0.4) is 0 Å². The van der Waals surface area contributed by atoms with E-state index in [9.17, 15) is 0 Å². The van der Waals surface area contributed by atoms with Gasteiger partial charge in [-0.15, -0.1) is 0 Å². The zero-order valence-corrected chi connectivity index (χ0v) is 11.6. The second-order valence-corrected chi connectivity index (χ2v) is 4.71. The lowest BCUT2D eigenvalue weighted by molar-refractivity contribution is 0.415. The van der Waals surface area contributed by atoms with Crippen LogP contribution in [-0.2, 0) is 0 Å². The predicted molar refractivity (Wildman–Crippen MR) is 80.7 cm³/mol. The van der Waals surface area contributed by atoms with Crippen molar-refractivity contribution in [3.8, 4) is 28.3 Å². The zero-order valence-electron chi connectivity index (χ0n) is 11.6. The number of rotatable bonds is 3. The van der Waals surface area contributed by atoms with E-state index in [1.54, 1.807) is 7.11 Å². The first-order valence-electron chi connectivity index (χ1n) is 6.54. The van der Waals surface area contributed by atoms with Gasteiger partial charge >= 0.3 is 0 Å². The zero-order chi connectivity index (χ0) is 13.9. The van der Waals surface area contributed by atoms with Gasteiger partial charge in [0, 0.05) is 11.1 Å². The van der Waals surface area contributed by atoms with Crippen molar-refractivity contribution in [3.05, 3.63) is 60.2 Å². The molecule has 0 amide bonds. The molecule has 0 bridgehead atoms. The Labute approximate surface area is 118 Å². The van der Waals surface area contributed by atoms with Gasteiger partial charge in [0.2, 0.25) is 0 Å². The van der Waals surface area contributed by atoms with E-state index in [1.807, 2.05) is 36.4 Å². The van der Waals surface area contributed by atoms with Crippen molar-refractivity contribution in [2.75, 3.05) is 7.11 Å². The van der Waals surface area contributed by atoms with Crippen LogP contribution in [0.5, 0.6) is 5.75 Å². The summed E-state index contributed by atoms with van der Waals surface area (Å²) in [5, 5.41) is 7.51. The molecule has 0 aliphatic heterocycles. The molecule has 0 atom stereocenters. The molecule has 0 radical (unpaired) electrons. The summed E-state index contributed by atoms with van der Waals surface area (Å²) in [6.45, 7) is 2.10. The van der Waals surface area contributed by atoms with Gasteiger partial charge in [-0.25, -0.2) is 0 Å². The minimum atomic E-state index is 0.836. The van der Waals surface area contributed by atoms with Gasteiger partial charge in [0.15, 0.2) is 0 Å². The highest BCUT2D eigenvalue weighted by Crippen LogP contribution is 2.27. The van der Waals surface area contributed by atoms with Crippen LogP contribution in [0.1, 0.15) is 5.56 Å². The molecule has 3 rings (SSSR count). The SMILES string of the molecule is COc1cccc(-c2cc(-c3ccccc3C)[nH]n2)c1. The molecule has 0 aliphatic carbocycles. The van der Waals surface area contributed by atoms with Gasteiger partial charge in [0.05, 0.1) is 18.5 Å². The number of benzene rings is 2. The van der Waals surface area contributed by atoms with Crippen LogP contribution in [-0.4, -0.2) is 17.3 Å². The van der Waals surface area contributed by atoms with Crippen molar-refractivity contribution in [1.82, 2.24) is 10.2 Å². The summed E-state index contributed by atoms with van der Waals surface area (Å²) < 4.78 is 5.25. The van der Waals surface area contributed by atoms with E-state index >= 15 is 0 Å². The van der Waals surface area contributed by atoms with Gasteiger partial charge in [0.1, 0.15) is 5.75 Å². The van der Waals surface area contributed by atoms with Gasteiger partial charge < -0.3 is 4.74 Å². The van der Waals surface area contributed by atoms with Gasteiger partial charge in [-0.1, -0.05) is 36.4 Å². The van der Waals surface area contributed by atoms with Crippen molar-refractivity contribution in [3.63, 3.8) is 0 Å². The predicted octanol–water partition coefficient (Wildman–Crippen LogP) is 4.06. The maximum Gasteiger partial charge on any atom is 0.119 e. The Hall–Kier alpha value is -2.55. The highest BCUT2D eigenvalue weighted by molar-refractivity contribution is 5.70. The Bertz CT molecular complexity index is 731. The number of H-pyrrole nitrogens is 1. The third-order valence-corrected chi connectivity index (χ3v) is 3.38. The van der Waals surface area contributed by atoms with Gasteiger partial charge in [0.25, 0.3) is 0 Å². The summed E-state index contributed by atoms with van der Waals surface area (Å²) in [5.74, 6) is 0.836. The fourth-order valence-electron chi connectivity index (χ4n) is 2.27. The number of hydrogen-bond acceptors (Lipinski definition) is 2. The lowest BCUT2D eigenvalue weighted by atomic mass is 10.0. The van der Waals surface area contributed by atoms with Crippen LogP contribution in [0.2, 0.25) is 0 Å². The highest BCUT2D eigenvalue weighted by Gasteiger charge is 2.08. The van der Waals surface area contributed by atoms with E-state index < -0.39 is 0 Å². The summed E-state index contributed by atoms with van der Waals surface area (Å²) in [4.78, 5) is 0. The topological polar surface area (TPSA) is 37.9 Å². The molecule has 100 valence electrons. The fraction of sp³-hybridized carbons (Fsp3) is 0.118. The molecular weight excluding hydrogens is 248 g/mol. The molecule has 0 aliphatic rings. The molecule has 1 aromatic heterocycles. The lowest BCUT2D eigenvalue weighted by Crippen LogP contribution is -1.83. The molecule has 0 spiro atoms. The van der Waals surface area contributed by atoms with Crippen molar-refractivity contribution >= 4 is 0 Å². The van der Waals surface area contributed by atoms with E-state index in [-0.39, 0.29) is 0 Å². The molecular formula is C17H16N2O. The normalized spacial score (nSPS) is 10.5. The van der Waals surface area contributed by atoms with Crippen LogP contribution in [0, 0.1) is 6.92 Å². The van der Waals surface area contributed by atoms with Crippen molar-refractivity contribution in [2.45, 2.75) is 6.92 Å². The third kappa shape index (κ3) is 2.30. The van der Waals surface area contributed by atoms with E-state index in [2.05, 4.69) is 35.3 Å². The third-order valence-electron chi connectivity index (χ3n) is 3.38. The van der Waals surface area contributed by atoms with Crippen LogP contribution in [0.15, 0.2) is 54.6 Å². The molecule has 3 nitrogen and oxygen atoms in total. The van der Waals surface area contributed by atoms with Gasteiger partial charge in [-0.2, -0.15) is 5.10 Å². The summed E-state index contributed by atoms with van der Waals surface area (Å²) in [7, 11) is 1.67. The molecule has 1 N–H and O–H groups in total. The maximum atomic E-state index is 5.25. The molecule has 0 unspecified atom stereocenters. The number of methoxy groups -OCH3 is 1. The number of ether oxygens (including phenoxy) is 1. The van der Waals surface area contributed by atoms with Gasteiger partial charge in [-0.3, -0.25) is 5.10 Å². The Kier molecular flexibility index (Phi) is 3.25. The highest BCUT2D eigenvalue weighted by atomic mass is 16.5. The molecule has 3 aromatic rings. The van der Waals surface area contributed by atoms with E-state index in [0.717, 1.165) is 22.7 Å². The minimum Gasteiger partial charge on any atom is -0.497 e. The summed E-state index contributed by atoms with van der Waals surface area (Å²) in [6.07, 6.45) is 0. The average molecular weight is 264 g/mol. The minimum absolute atomic E-state index is 0.836. The van der Waals surface area contributed by atoms with E-state index in [4.69, 9.17) is 4.74 Å². The first-order valence-corrected chi connectivity index (χ1v) is 6.54. The summed E-state index contributed by atoms with van der Waals surface area (Å²) in [5.41, 5.74) is 5.39. The van der Waals surface area contributed by atoms with Crippen LogP contribution in [0.25, 0.3) is 22.5 Å². The Morgan fingerprint density at radius 3 is 2.65 bits per heavy atom. The van der Waals surface area contributed by atoms with Crippen LogP contribution >= 0.6 is 0 Å². The quantitative estimate of drug-likeness (QED) is 0.774. The number of aromatic nitrogens is 2. The van der Waals surface area contributed by atoms with E-state index in [1.165, 1.54) is 11.1 Å². The number of nitrogens with one attached hydrogen (secondary N) is 1. The molecule has 3 heteroatoms. The maximum absolute atomic E-state index is 5.25. The van der Waals surface area contributed by atoms with Crippen LogP contribution in [0.4, 0.5) is 0 Å². The molecule has 0 fully saturated rings. The molecule has 0 saturated carbocycles. The second-order valence-electron chi connectivity index (χ2n) is 4.71. The molecule has 0 saturated heterocycles. The Balaban J connectivity index is 2.00. The lowest BCUT2D eigenvalue weighted by Gasteiger charge is -2.02. The largest absolute Gasteiger partial charge is 0.497 e. The smallest absolute Gasteiger partial charge is 0.119 e. The fourth-order valence-corrected chi connectivity index (χ4v) is 2.27. The number of aryl methyl sites for hydroxylation is 1. The Morgan fingerprint density at radius 2 is 1.85 bits per heavy atom. The van der Waals surface area contributed by atoms with Crippen molar-refractivity contribution < 1.29 is 4.74 Å². The van der Waals surface area contributed by atoms with Crippen molar-refractivity contribution in [2.24, 2.45) is 0 Å². The van der Waals surface area contributed by atoms with Crippen LogP contribution < -0.4 is 4.74 Å². The first-order chi connectivity index (χ1) is 9.78. The second kappa shape index (κ2) is 5.21. The van der Waals surface area contributed by atoms with Gasteiger partial charge in [-0.05, 0) is 30.7 Å². The molecule has 2 aromatic carbocycles. The number of hydrogen-bond donors (Lipinski definition) is 1. The number of nitrogens with zero attached hydrogens (tertiary/aromatic N) is 1. The number of aromatic amines is 1. The van der Waals surface area contributed by atoms with Crippen molar-refractivity contribution in [1.29, 1.82) is 0 Å². The monoisotopic (exact) mass is 264 g/mol. The summed E-state index contributed by atoms with van der Waals surface area (Å²) in [6, 6.07) is 18.2. The standard InChI is InChI=1S/C17H16N2O/c1-12-6-3-4-9-15(12)17-11-16(18-19-17)13-7-5-8-14(10-13)20-2/h3-11H,1-2H3,(H,18,19).